The molecule has 0 saturated carbocycles. The van der Waals surface area contributed by atoms with Gasteiger partial charge in [-0.25, -0.2) is 9.97 Å². The van der Waals surface area contributed by atoms with Crippen LogP contribution in [0.2, 0.25) is 0 Å². The first-order valence-corrected chi connectivity index (χ1v) is 4.55. The molecule has 0 aliphatic heterocycles. The molecule has 0 amide bonds. The van der Waals surface area contributed by atoms with Gasteiger partial charge in [-0.05, 0) is 11.1 Å². The third-order valence-electron chi connectivity index (χ3n) is 1.96. The Kier molecular flexibility index (Phi) is 2.67. The van der Waals surface area contributed by atoms with Crippen LogP contribution in [0.1, 0.15) is 11.1 Å². The number of hydrogen-bond donors (Lipinski definition) is 0. The van der Waals surface area contributed by atoms with Crippen molar-refractivity contribution in [1.82, 2.24) is 0 Å². The Balaban J connectivity index is 2.16. The summed E-state index contributed by atoms with van der Waals surface area (Å²) in [4.78, 5) is 5.98. The van der Waals surface area contributed by atoms with Crippen LogP contribution in [-0.4, -0.2) is 0 Å². The number of aromatic amines is 2. The number of rotatable bonds is 2. The van der Waals surface area contributed by atoms with Gasteiger partial charge in [-0.2, -0.15) is 0 Å². The lowest BCUT2D eigenvalue weighted by Crippen LogP contribution is -1.97. The summed E-state index contributed by atoms with van der Waals surface area (Å²) in [5, 5.41) is 0. The predicted octanol–water partition coefficient (Wildman–Crippen LogP) is 1.49. The van der Waals surface area contributed by atoms with E-state index in [1.165, 1.54) is 11.1 Å². The molecule has 0 aliphatic rings. The van der Waals surface area contributed by atoms with Gasteiger partial charge in [0, 0.05) is 24.3 Å². The molecule has 68 valence electrons. The Hall–Kier alpha value is -1.96. The highest BCUT2D eigenvalue weighted by atomic mass is 14.6. The van der Waals surface area contributed by atoms with Gasteiger partial charge >= 0.3 is 0 Å². The lowest BCUT2D eigenvalue weighted by atomic mass is 10.2. The first-order valence-electron chi connectivity index (χ1n) is 4.55. The fraction of sp³-hybridized carbons (Fsp3) is 0. The minimum Gasteiger partial charge on any atom is -0.218 e. The predicted molar refractivity (Wildman–Crippen MR) is 54.9 cm³/mol. The van der Waals surface area contributed by atoms with E-state index in [-0.39, 0.29) is 0 Å². The maximum atomic E-state index is 2.99. The molecule has 2 rings (SSSR count). The van der Waals surface area contributed by atoms with Crippen LogP contribution in [0, 0.1) is 0 Å². The van der Waals surface area contributed by atoms with Gasteiger partial charge < -0.3 is 0 Å². The number of pyridine rings is 2. The summed E-state index contributed by atoms with van der Waals surface area (Å²) in [6, 6.07) is 8.13. The number of aromatic nitrogens is 2. The summed E-state index contributed by atoms with van der Waals surface area (Å²) in [5.41, 5.74) is 2.38. The molecular weight excluding hydrogens is 172 g/mol. The van der Waals surface area contributed by atoms with Gasteiger partial charge in [-0.3, -0.25) is 0 Å². The molecule has 0 radical (unpaired) electrons. The molecule has 0 aromatic carbocycles. The van der Waals surface area contributed by atoms with E-state index in [4.69, 9.17) is 0 Å². The fourth-order valence-corrected chi connectivity index (χ4v) is 1.21. The van der Waals surface area contributed by atoms with Crippen molar-refractivity contribution in [3.05, 3.63) is 60.2 Å². The molecular formula is C12H12N2+2. The first kappa shape index (κ1) is 8.63. The molecule has 2 heterocycles. The van der Waals surface area contributed by atoms with Gasteiger partial charge in [-0.15, -0.1) is 0 Å². The molecule has 0 atom stereocenters. The van der Waals surface area contributed by atoms with Crippen LogP contribution in [0.4, 0.5) is 0 Å². The summed E-state index contributed by atoms with van der Waals surface area (Å²) in [6.07, 6.45) is 11.8. The number of nitrogens with one attached hydrogen (secondary N) is 2. The average molecular weight is 184 g/mol. The summed E-state index contributed by atoms with van der Waals surface area (Å²) in [6.45, 7) is 0. The summed E-state index contributed by atoms with van der Waals surface area (Å²) in [5.74, 6) is 0. The fourth-order valence-electron chi connectivity index (χ4n) is 1.21. The van der Waals surface area contributed by atoms with Crippen LogP contribution in [0.25, 0.3) is 12.2 Å². The topological polar surface area (TPSA) is 28.3 Å². The SMILES string of the molecule is C(=C\c1cc[nH+]cc1)/c1cc[nH+]cc1. The van der Waals surface area contributed by atoms with Crippen molar-refractivity contribution in [1.29, 1.82) is 0 Å². The van der Waals surface area contributed by atoms with Crippen LogP contribution < -0.4 is 9.97 Å². The molecule has 2 aromatic rings. The van der Waals surface area contributed by atoms with E-state index in [0.29, 0.717) is 0 Å². The summed E-state index contributed by atoms with van der Waals surface area (Å²) < 4.78 is 0. The lowest BCUT2D eigenvalue weighted by Gasteiger charge is -1.88. The van der Waals surface area contributed by atoms with Crippen molar-refractivity contribution in [2.24, 2.45) is 0 Å². The van der Waals surface area contributed by atoms with E-state index < -0.39 is 0 Å². The second-order valence-corrected chi connectivity index (χ2v) is 3.00. The standard InChI is InChI=1S/C12H10N2/c1(11-3-7-13-8-4-11)2-12-5-9-14-10-6-12/h1-10H/p+2/b2-1+. The zero-order valence-corrected chi connectivity index (χ0v) is 7.77. The van der Waals surface area contributed by atoms with E-state index in [0.717, 1.165) is 0 Å². The monoisotopic (exact) mass is 184 g/mol. The molecule has 2 nitrogen and oxygen atoms in total. The molecule has 0 unspecified atom stereocenters. The van der Waals surface area contributed by atoms with Crippen molar-refractivity contribution in [3.8, 4) is 0 Å². The zero-order valence-electron chi connectivity index (χ0n) is 7.77. The van der Waals surface area contributed by atoms with E-state index >= 15 is 0 Å². The summed E-state index contributed by atoms with van der Waals surface area (Å²) >= 11 is 0. The molecule has 2 aromatic heterocycles. The molecule has 0 saturated heterocycles. The molecule has 0 aliphatic carbocycles. The molecule has 0 bridgehead atoms. The maximum Gasteiger partial charge on any atom is 0.167 e. The highest BCUT2D eigenvalue weighted by Gasteiger charge is 1.89. The minimum atomic E-state index is 1.19. The van der Waals surface area contributed by atoms with Crippen LogP contribution in [-0.2, 0) is 0 Å². The first-order chi connectivity index (χ1) is 6.95. The molecule has 2 heteroatoms. The molecule has 14 heavy (non-hydrogen) atoms. The van der Waals surface area contributed by atoms with Gasteiger partial charge in [0.15, 0.2) is 24.8 Å². The largest absolute Gasteiger partial charge is 0.218 e. The number of hydrogen-bond acceptors (Lipinski definition) is 0. The molecule has 2 N–H and O–H groups in total. The smallest absolute Gasteiger partial charge is 0.167 e. The second-order valence-electron chi connectivity index (χ2n) is 3.00. The van der Waals surface area contributed by atoms with Gasteiger partial charge in [-0.1, -0.05) is 12.2 Å². The van der Waals surface area contributed by atoms with E-state index in [1.54, 1.807) is 0 Å². The van der Waals surface area contributed by atoms with Crippen LogP contribution in [0.5, 0.6) is 0 Å². The van der Waals surface area contributed by atoms with E-state index in [9.17, 15) is 0 Å². The van der Waals surface area contributed by atoms with E-state index in [1.807, 2.05) is 49.1 Å². The third kappa shape index (κ3) is 2.26. The van der Waals surface area contributed by atoms with Crippen molar-refractivity contribution in [2.75, 3.05) is 0 Å². The third-order valence-corrected chi connectivity index (χ3v) is 1.96. The van der Waals surface area contributed by atoms with Gasteiger partial charge in [0.05, 0.1) is 0 Å². The van der Waals surface area contributed by atoms with Crippen molar-refractivity contribution in [3.63, 3.8) is 0 Å². The van der Waals surface area contributed by atoms with Crippen molar-refractivity contribution in [2.45, 2.75) is 0 Å². The Morgan fingerprint density at radius 3 is 1.36 bits per heavy atom. The summed E-state index contributed by atoms with van der Waals surface area (Å²) in [7, 11) is 0. The zero-order chi connectivity index (χ0) is 9.64. The second kappa shape index (κ2) is 4.33. The average Bonchev–Trinajstić information content (AvgIpc) is 2.29. The van der Waals surface area contributed by atoms with Gasteiger partial charge in [0.25, 0.3) is 0 Å². The normalized spacial score (nSPS) is 10.6. The highest BCUT2D eigenvalue weighted by molar-refractivity contribution is 5.68. The Labute approximate surface area is 83.0 Å². The maximum absolute atomic E-state index is 2.99. The van der Waals surface area contributed by atoms with Crippen molar-refractivity contribution >= 4 is 12.2 Å². The minimum absolute atomic E-state index is 1.19. The van der Waals surface area contributed by atoms with Crippen LogP contribution in [0.3, 0.4) is 0 Å². The van der Waals surface area contributed by atoms with Crippen molar-refractivity contribution < 1.29 is 9.97 Å². The molecule has 0 spiro atoms. The van der Waals surface area contributed by atoms with Gasteiger partial charge in [0.1, 0.15) is 0 Å². The van der Waals surface area contributed by atoms with Gasteiger partial charge in [0.2, 0.25) is 0 Å². The Morgan fingerprint density at radius 2 is 1.00 bits per heavy atom. The molecule has 0 fully saturated rings. The quantitative estimate of drug-likeness (QED) is 0.676. The Morgan fingerprint density at radius 1 is 0.643 bits per heavy atom. The van der Waals surface area contributed by atoms with E-state index in [2.05, 4.69) is 22.1 Å². The lowest BCUT2D eigenvalue weighted by molar-refractivity contribution is -0.378. The Bertz CT molecular complexity index is 365. The van der Waals surface area contributed by atoms with Crippen LogP contribution >= 0.6 is 0 Å². The van der Waals surface area contributed by atoms with Crippen LogP contribution in [0.15, 0.2) is 49.1 Å². The number of H-pyrrole nitrogens is 2. The highest BCUT2D eigenvalue weighted by Crippen LogP contribution is 2.04.